The van der Waals surface area contributed by atoms with E-state index in [1.54, 1.807) is 0 Å². The second-order valence-electron chi connectivity index (χ2n) is 4.76. The zero-order valence-corrected chi connectivity index (χ0v) is 9.28. The van der Waals surface area contributed by atoms with Gasteiger partial charge in [0.05, 0.1) is 0 Å². The first kappa shape index (κ1) is 11.0. The summed E-state index contributed by atoms with van der Waals surface area (Å²) in [6.45, 7) is 6.46. The van der Waals surface area contributed by atoms with E-state index in [1.807, 2.05) is 6.92 Å². The highest BCUT2D eigenvalue weighted by Crippen LogP contribution is 2.53. The van der Waals surface area contributed by atoms with E-state index < -0.39 is 6.17 Å². The summed E-state index contributed by atoms with van der Waals surface area (Å²) in [5, 5.41) is 0. The number of rotatable bonds is 5. The van der Waals surface area contributed by atoms with Crippen LogP contribution in [0.25, 0.3) is 0 Å². The number of alkyl halides is 1. The lowest BCUT2D eigenvalue weighted by molar-refractivity contribution is -0.00186. The molecule has 78 valence electrons. The largest absolute Gasteiger partial charge is 0.247 e. The van der Waals surface area contributed by atoms with Gasteiger partial charge in [-0.1, -0.05) is 27.2 Å². The number of halogens is 1. The fraction of sp³-hybridized carbons (Fsp3) is 1.00. The van der Waals surface area contributed by atoms with Gasteiger partial charge in [-0.3, -0.25) is 0 Å². The van der Waals surface area contributed by atoms with Crippen molar-refractivity contribution >= 4 is 0 Å². The van der Waals surface area contributed by atoms with Crippen molar-refractivity contribution in [1.82, 2.24) is 0 Å². The molecule has 3 atom stereocenters. The van der Waals surface area contributed by atoms with Gasteiger partial charge in [-0.05, 0) is 43.4 Å². The maximum atomic E-state index is 13.3. The molecule has 0 bridgehead atoms. The van der Waals surface area contributed by atoms with E-state index in [0.717, 1.165) is 12.3 Å². The summed E-state index contributed by atoms with van der Waals surface area (Å²) in [7, 11) is 0. The van der Waals surface area contributed by atoms with Crippen molar-refractivity contribution in [2.45, 2.75) is 65.5 Å². The Balaban J connectivity index is 2.47. The van der Waals surface area contributed by atoms with Crippen molar-refractivity contribution in [2.75, 3.05) is 0 Å². The van der Waals surface area contributed by atoms with Crippen LogP contribution >= 0.6 is 0 Å². The standard InChI is InChI=1S/C12H23F/c1-4-7-12(8-6-10(12)3)9-11(13)5-2/h10-11H,4-9H2,1-3H3/t10?,11-,12+/m1/s1. The topological polar surface area (TPSA) is 0 Å². The first-order valence-electron chi connectivity index (χ1n) is 5.78. The van der Waals surface area contributed by atoms with Crippen LogP contribution < -0.4 is 0 Å². The quantitative estimate of drug-likeness (QED) is 0.599. The molecule has 0 heterocycles. The fourth-order valence-electron chi connectivity index (χ4n) is 2.70. The van der Waals surface area contributed by atoms with E-state index in [9.17, 15) is 4.39 Å². The van der Waals surface area contributed by atoms with Crippen LogP contribution in [0, 0.1) is 11.3 Å². The van der Waals surface area contributed by atoms with Crippen molar-refractivity contribution in [2.24, 2.45) is 11.3 Å². The lowest BCUT2D eigenvalue weighted by Crippen LogP contribution is -2.40. The summed E-state index contributed by atoms with van der Waals surface area (Å²) in [4.78, 5) is 0. The lowest BCUT2D eigenvalue weighted by atomic mass is 9.56. The van der Waals surface area contributed by atoms with Gasteiger partial charge in [0, 0.05) is 0 Å². The molecule has 0 amide bonds. The summed E-state index contributed by atoms with van der Waals surface area (Å²) < 4.78 is 13.3. The first-order chi connectivity index (χ1) is 6.14. The predicted octanol–water partition coefficient (Wildman–Crippen LogP) is 4.34. The molecule has 0 aromatic carbocycles. The maximum absolute atomic E-state index is 13.3. The van der Waals surface area contributed by atoms with Gasteiger partial charge in [-0.25, -0.2) is 4.39 Å². The molecule has 0 spiro atoms. The summed E-state index contributed by atoms with van der Waals surface area (Å²) in [5.41, 5.74) is 0.379. The monoisotopic (exact) mass is 186 g/mol. The third kappa shape index (κ3) is 2.24. The van der Waals surface area contributed by atoms with Crippen LogP contribution in [0.1, 0.15) is 59.3 Å². The van der Waals surface area contributed by atoms with Gasteiger partial charge >= 0.3 is 0 Å². The Kier molecular flexibility index (Phi) is 3.75. The molecular formula is C12H23F. The molecule has 0 nitrogen and oxygen atoms in total. The Morgan fingerprint density at radius 1 is 1.46 bits per heavy atom. The van der Waals surface area contributed by atoms with E-state index in [2.05, 4.69) is 13.8 Å². The second kappa shape index (κ2) is 4.43. The minimum atomic E-state index is -0.561. The smallest absolute Gasteiger partial charge is 0.100 e. The Hall–Kier alpha value is -0.0700. The van der Waals surface area contributed by atoms with E-state index >= 15 is 0 Å². The lowest BCUT2D eigenvalue weighted by Gasteiger charge is -2.49. The zero-order valence-electron chi connectivity index (χ0n) is 9.28. The first-order valence-corrected chi connectivity index (χ1v) is 5.78. The summed E-state index contributed by atoms with van der Waals surface area (Å²) in [6.07, 6.45) is 5.97. The molecule has 1 fully saturated rings. The van der Waals surface area contributed by atoms with Crippen molar-refractivity contribution in [3.63, 3.8) is 0 Å². The zero-order chi connectivity index (χ0) is 9.90. The molecule has 0 aromatic rings. The van der Waals surface area contributed by atoms with Crippen molar-refractivity contribution in [1.29, 1.82) is 0 Å². The predicted molar refractivity (Wildman–Crippen MR) is 55.5 cm³/mol. The van der Waals surface area contributed by atoms with Crippen molar-refractivity contribution < 1.29 is 4.39 Å². The van der Waals surface area contributed by atoms with Crippen LogP contribution in [0.2, 0.25) is 0 Å². The average molecular weight is 186 g/mol. The van der Waals surface area contributed by atoms with Crippen LogP contribution in [0.4, 0.5) is 4.39 Å². The van der Waals surface area contributed by atoms with Crippen molar-refractivity contribution in [3.05, 3.63) is 0 Å². The highest BCUT2D eigenvalue weighted by Gasteiger charge is 2.43. The molecule has 0 aliphatic heterocycles. The highest BCUT2D eigenvalue weighted by atomic mass is 19.1. The molecule has 1 unspecified atom stereocenters. The van der Waals surface area contributed by atoms with E-state index in [1.165, 1.54) is 25.7 Å². The van der Waals surface area contributed by atoms with E-state index in [0.29, 0.717) is 11.8 Å². The Bertz CT molecular complexity index is 155. The van der Waals surface area contributed by atoms with Crippen LogP contribution in [-0.4, -0.2) is 6.17 Å². The second-order valence-corrected chi connectivity index (χ2v) is 4.76. The maximum Gasteiger partial charge on any atom is 0.100 e. The minimum absolute atomic E-state index is 0.379. The van der Waals surface area contributed by atoms with Gasteiger partial charge in [0.1, 0.15) is 6.17 Å². The molecule has 0 radical (unpaired) electrons. The summed E-state index contributed by atoms with van der Waals surface area (Å²) in [6, 6.07) is 0. The summed E-state index contributed by atoms with van der Waals surface area (Å²) >= 11 is 0. The molecule has 1 rings (SSSR count). The number of hydrogen-bond acceptors (Lipinski definition) is 0. The SMILES string of the molecule is CCC[C@@]1(C[C@H](F)CC)CCC1C. The van der Waals surface area contributed by atoms with Crippen molar-refractivity contribution in [3.8, 4) is 0 Å². The Labute approximate surface area is 81.9 Å². The third-order valence-corrected chi connectivity index (χ3v) is 3.94. The average Bonchev–Trinajstić information content (AvgIpc) is 2.14. The molecular weight excluding hydrogens is 163 g/mol. The third-order valence-electron chi connectivity index (χ3n) is 3.94. The van der Waals surface area contributed by atoms with E-state index in [4.69, 9.17) is 0 Å². The molecule has 0 N–H and O–H groups in total. The van der Waals surface area contributed by atoms with Gasteiger partial charge in [0.25, 0.3) is 0 Å². The van der Waals surface area contributed by atoms with Crippen LogP contribution in [-0.2, 0) is 0 Å². The summed E-state index contributed by atoms with van der Waals surface area (Å²) in [5.74, 6) is 0.761. The molecule has 0 aromatic heterocycles. The van der Waals surface area contributed by atoms with Gasteiger partial charge < -0.3 is 0 Å². The van der Waals surface area contributed by atoms with Gasteiger partial charge in [0.2, 0.25) is 0 Å². The van der Waals surface area contributed by atoms with Crippen LogP contribution in [0.3, 0.4) is 0 Å². The Morgan fingerprint density at radius 2 is 2.15 bits per heavy atom. The normalized spacial score (nSPS) is 35.5. The highest BCUT2D eigenvalue weighted by molar-refractivity contribution is 4.94. The molecule has 1 heteroatoms. The molecule has 1 saturated carbocycles. The van der Waals surface area contributed by atoms with Gasteiger partial charge in [-0.2, -0.15) is 0 Å². The van der Waals surface area contributed by atoms with E-state index in [-0.39, 0.29) is 0 Å². The number of hydrogen-bond donors (Lipinski definition) is 0. The minimum Gasteiger partial charge on any atom is -0.247 e. The molecule has 1 aliphatic rings. The fourth-order valence-corrected chi connectivity index (χ4v) is 2.70. The van der Waals surface area contributed by atoms with Gasteiger partial charge in [-0.15, -0.1) is 0 Å². The van der Waals surface area contributed by atoms with Crippen LogP contribution in [0.15, 0.2) is 0 Å². The van der Waals surface area contributed by atoms with Crippen LogP contribution in [0.5, 0.6) is 0 Å². The molecule has 13 heavy (non-hydrogen) atoms. The Morgan fingerprint density at radius 3 is 2.46 bits per heavy atom. The van der Waals surface area contributed by atoms with Gasteiger partial charge in [0.15, 0.2) is 0 Å². The molecule has 1 aliphatic carbocycles. The molecule has 0 saturated heterocycles.